The Balaban J connectivity index is 2.26. The lowest BCUT2D eigenvalue weighted by Gasteiger charge is -2.11. The van der Waals surface area contributed by atoms with Gasteiger partial charge in [0, 0.05) is 5.56 Å². The van der Waals surface area contributed by atoms with Crippen LogP contribution in [-0.4, -0.2) is 5.91 Å². The van der Waals surface area contributed by atoms with Crippen molar-refractivity contribution in [3.05, 3.63) is 64.2 Å². The number of benzene rings is 2. The van der Waals surface area contributed by atoms with Crippen LogP contribution in [0.3, 0.4) is 0 Å². The van der Waals surface area contributed by atoms with Crippen molar-refractivity contribution in [3.63, 3.8) is 0 Å². The normalized spacial score (nSPS) is 10.9. The van der Waals surface area contributed by atoms with Crippen LogP contribution in [0.5, 0.6) is 0 Å². The molecule has 0 fully saturated rings. The molecule has 0 aliphatic heterocycles. The fourth-order valence-electron chi connectivity index (χ4n) is 1.69. The highest BCUT2D eigenvalue weighted by Crippen LogP contribution is 2.33. The number of halogens is 4. The molecule has 2 rings (SSSR count). The first-order chi connectivity index (χ1) is 10.3. The van der Waals surface area contributed by atoms with Crippen molar-refractivity contribution < 1.29 is 18.0 Å². The van der Waals surface area contributed by atoms with Gasteiger partial charge in [-0.2, -0.15) is 18.4 Å². The van der Waals surface area contributed by atoms with Crippen molar-refractivity contribution >= 4 is 23.2 Å². The lowest BCUT2D eigenvalue weighted by Crippen LogP contribution is -2.13. The van der Waals surface area contributed by atoms with Gasteiger partial charge in [-0.05, 0) is 42.5 Å². The SMILES string of the molecule is N#Cc1ccc(C(=O)Nc2cc(C(F)(F)F)ccc2Cl)cc1. The molecule has 0 unspecified atom stereocenters. The largest absolute Gasteiger partial charge is 0.416 e. The van der Waals surface area contributed by atoms with Crippen molar-refractivity contribution in [2.75, 3.05) is 5.32 Å². The van der Waals surface area contributed by atoms with Gasteiger partial charge in [-0.25, -0.2) is 0 Å². The molecule has 7 heteroatoms. The molecule has 0 bridgehead atoms. The van der Waals surface area contributed by atoms with Crippen molar-refractivity contribution in [3.8, 4) is 6.07 Å². The van der Waals surface area contributed by atoms with E-state index >= 15 is 0 Å². The summed E-state index contributed by atoms with van der Waals surface area (Å²) in [4.78, 5) is 12.0. The highest BCUT2D eigenvalue weighted by molar-refractivity contribution is 6.34. The summed E-state index contributed by atoms with van der Waals surface area (Å²) in [6, 6.07) is 10.2. The fraction of sp³-hybridized carbons (Fsp3) is 0.0667. The van der Waals surface area contributed by atoms with E-state index < -0.39 is 17.6 Å². The summed E-state index contributed by atoms with van der Waals surface area (Å²) in [5, 5.41) is 11.0. The van der Waals surface area contributed by atoms with Crippen molar-refractivity contribution in [1.29, 1.82) is 5.26 Å². The molecule has 0 spiro atoms. The molecule has 0 atom stereocenters. The Hall–Kier alpha value is -2.52. The van der Waals surface area contributed by atoms with E-state index in [1.165, 1.54) is 24.3 Å². The second-order valence-corrected chi connectivity index (χ2v) is 4.74. The van der Waals surface area contributed by atoms with Crippen LogP contribution < -0.4 is 5.32 Å². The number of amides is 1. The van der Waals surface area contributed by atoms with Gasteiger partial charge >= 0.3 is 6.18 Å². The molecule has 0 saturated carbocycles. The van der Waals surface area contributed by atoms with Gasteiger partial charge in [0.05, 0.1) is 27.9 Å². The van der Waals surface area contributed by atoms with Crippen LogP contribution >= 0.6 is 11.6 Å². The number of hydrogen-bond donors (Lipinski definition) is 1. The summed E-state index contributed by atoms with van der Waals surface area (Å²) in [6.45, 7) is 0. The van der Waals surface area contributed by atoms with Gasteiger partial charge in [0.2, 0.25) is 0 Å². The maximum atomic E-state index is 12.7. The monoisotopic (exact) mass is 324 g/mol. The summed E-state index contributed by atoms with van der Waals surface area (Å²) in [5.41, 5.74) is -0.473. The van der Waals surface area contributed by atoms with Gasteiger partial charge in [-0.3, -0.25) is 4.79 Å². The van der Waals surface area contributed by atoms with Gasteiger partial charge in [0.1, 0.15) is 0 Å². The minimum atomic E-state index is -4.53. The maximum absolute atomic E-state index is 12.7. The molecule has 1 amide bonds. The average Bonchev–Trinajstić information content (AvgIpc) is 2.48. The zero-order chi connectivity index (χ0) is 16.3. The van der Waals surface area contributed by atoms with Crippen LogP contribution in [0, 0.1) is 11.3 Å². The second-order valence-electron chi connectivity index (χ2n) is 4.34. The molecule has 3 nitrogen and oxygen atoms in total. The smallest absolute Gasteiger partial charge is 0.321 e. The number of rotatable bonds is 2. The van der Waals surface area contributed by atoms with E-state index in [0.717, 1.165) is 18.2 Å². The third-order valence-corrected chi connectivity index (χ3v) is 3.15. The molecule has 0 radical (unpaired) electrons. The number of alkyl halides is 3. The topological polar surface area (TPSA) is 52.9 Å². The number of nitriles is 1. The summed E-state index contributed by atoms with van der Waals surface area (Å²) in [6.07, 6.45) is -4.53. The molecular weight excluding hydrogens is 317 g/mol. The highest BCUT2D eigenvalue weighted by atomic mass is 35.5. The van der Waals surface area contributed by atoms with Crippen LogP contribution in [0.15, 0.2) is 42.5 Å². The molecule has 0 heterocycles. The zero-order valence-corrected chi connectivity index (χ0v) is 11.7. The van der Waals surface area contributed by atoms with Crippen LogP contribution in [0.25, 0.3) is 0 Å². The van der Waals surface area contributed by atoms with Crippen molar-refractivity contribution in [2.45, 2.75) is 6.18 Å². The quantitative estimate of drug-likeness (QED) is 0.885. The predicted octanol–water partition coefficient (Wildman–Crippen LogP) is 4.48. The van der Waals surface area contributed by atoms with Crippen molar-refractivity contribution in [2.24, 2.45) is 0 Å². The third kappa shape index (κ3) is 3.57. The Morgan fingerprint density at radius 3 is 2.32 bits per heavy atom. The molecule has 0 aliphatic rings. The van der Waals surface area contributed by atoms with Crippen molar-refractivity contribution in [1.82, 2.24) is 0 Å². The summed E-state index contributed by atoms with van der Waals surface area (Å²) in [5.74, 6) is -0.620. The van der Waals surface area contributed by atoms with Gasteiger partial charge in [0.25, 0.3) is 5.91 Å². The first-order valence-corrected chi connectivity index (χ1v) is 6.37. The van der Waals surface area contributed by atoms with Gasteiger partial charge in [0.15, 0.2) is 0 Å². The van der Waals surface area contributed by atoms with E-state index in [9.17, 15) is 18.0 Å². The summed E-state index contributed by atoms with van der Waals surface area (Å²) < 4.78 is 38.0. The molecule has 112 valence electrons. The number of hydrogen-bond acceptors (Lipinski definition) is 2. The number of nitrogens with one attached hydrogen (secondary N) is 1. The lowest BCUT2D eigenvalue weighted by molar-refractivity contribution is -0.137. The van der Waals surface area contributed by atoms with E-state index in [0.29, 0.717) is 5.56 Å². The summed E-state index contributed by atoms with van der Waals surface area (Å²) >= 11 is 5.80. The Kier molecular flexibility index (Phi) is 4.38. The van der Waals surface area contributed by atoms with Gasteiger partial charge < -0.3 is 5.32 Å². The molecule has 2 aromatic carbocycles. The van der Waals surface area contributed by atoms with Gasteiger partial charge in [-0.1, -0.05) is 11.6 Å². The molecular formula is C15H8ClF3N2O. The molecule has 0 saturated heterocycles. The maximum Gasteiger partial charge on any atom is 0.416 e. The van der Waals surface area contributed by atoms with E-state index in [1.807, 2.05) is 6.07 Å². The molecule has 2 aromatic rings. The molecule has 1 N–H and O–H groups in total. The standard InChI is InChI=1S/C15H8ClF3N2O/c16-12-6-5-11(15(17,18)19)7-13(12)21-14(22)10-3-1-9(8-20)2-4-10/h1-7H,(H,21,22). The number of nitrogens with zero attached hydrogens (tertiary/aromatic N) is 1. The minimum Gasteiger partial charge on any atom is -0.321 e. The first kappa shape index (κ1) is 15.9. The van der Waals surface area contributed by atoms with Gasteiger partial charge in [-0.15, -0.1) is 0 Å². The lowest BCUT2D eigenvalue weighted by atomic mass is 10.1. The predicted molar refractivity (Wildman–Crippen MR) is 75.6 cm³/mol. The van der Waals surface area contributed by atoms with Crippen LogP contribution in [0.2, 0.25) is 5.02 Å². The molecule has 0 aliphatic carbocycles. The Morgan fingerprint density at radius 2 is 1.77 bits per heavy atom. The van der Waals surface area contributed by atoms with Crippen LogP contribution in [0.1, 0.15) is 21.5 Å². The van der Waals surface area contributed by atoms with Crippen LogP contribution in [0.4, 0.5) is 18.9 Å². The highest BCUT2D eigenvalue weighted by Gasteiger charge is 2.31. The summed E-state index contributed by atoms with van der Waals surface area (Å²) in [7, 11) is 0. The molecule has 22 heavy (non-hydrogen) atoms. The Bertz CT molecular complexity index is 749. The van der Waals surface area contributed by atoms with E-state index in [4.69, 9.17) is 16.9 Å². The minimum absolute atomic E-state index is 0.00463. The number of carbonyl (C=O) groups excluding carboxylic acids is 1. The van der Waals surface area contributed by atoms with E-state index in [-0.39, 0.29) is 16.3 Å². The molecule has 0 aromatic heterocycles. The number of anilines is 1. The van der Waals surface area contributed by atoms with E-state index in [1.54, 1.807) is 0 Å². The second kappa shape index (κ2) is 6.08. The first-order valence-electron chi connectivity index (χ1n) is 5.99. The Morgan fingerprint density at radius 1 is 1.14 bits per heavy atom. The van der Waals surface area contributed by atoms with Crippen LogP contribution in [-0.2, 0) is 6.18 Å². The average molecular weight is 325 g/mol. The number of carbonyl (C=O) groups is 1. The van der Waals surface area contributed by atoms with E-state index in [2.05, 4.69) is 5.32 Å². The third-order valence-electron chi connectivity index (χ3n) is 2.82. The Labute approximate surface area is 128 Å². The fourth-order valence-corrected chi connectivity index (χ4v) is 1.85. The zero-order valence-electron chi connectivity index (χ0n) is 10.9.